The molecular weight excluding hydrogens is 240 g/mol. The predicted molar refractivity (Wildman–Crippen MR) is 75.7 cm³/mol. The number of aromatic nitrogens is 1. The van der Waals surface area contributed by atoms with Crippen molar-refractivity contribution in [2.45, 2.75) is 33.6 Å². The first-order valence-corrected chi connectivity index (χ1v) is 6.72. The summed E-state index contributed by atoms with van der Waals surface area (Å²) in [7, 11) is 0. The van der Waals surface area contributed by atoms with Crippen molar-refractivity contribution in [1.82, 2.24) is 9.88 Å². The molecule has 1 aliphatic rings. The lowest BCUT2D eigenvalue weighted by Crippen LogP contribution is -2.30. The van der Waals surface area contributed by atoms with E-state index in [1.807, 2.05) is 17.9 Å². The van der Waals surface area contributed by atoms with Gasteiger partial charge in [0.05, 0.1) is 0 Å². The zero-order chi connectivity index (χ0) is 14.0. The van der Waals surface area contributed by atoms with Gasteiger partial charge in [-0.25, -0.2) is 10.8 Å². The number of pyridine rings is 1. The lowest BCUT2D eigenvalue weighted by molar-refractivity contribution is 0.0778. The van der Waals surface area contributed by atoms with E-state index in [-0.39, 0.29) is 11.3 Å². The summed E-state index contributed by atoms with van der Waals surface area (Å²) in [6, 6.07) is 3.57. The Morgan fingerprint density at radius 3 is 2.79 bits per heavy atom. The number of amides is 1. The van der Waals surface area contributed by atoms with E-state index >= 15 is 0 Å². The molecule has 5 nitrogen and oxygen atoms in total. The maximum atomic E-state index is 12.5. The van der Waals surface area contributed by atoms with Crippen molar-refractivity contribution in [1.29, 1.82) is 0 Å². The minimum Gasteiger partial charge on any atom is -0.338 e. The number of nitrogen functional groups attached to an aromatic ring is 1. The minimum atomic E-state index is 0.0687. The van der Waals surface area contributed by atoms with E-state index in [0.29, 0.717) is 11.4 Å². The molecule has 1 aliphatic heterocycles. The zero-order valence-corrected chi connectivity index (χ0v) is 11.9. The van der Waals surface area contributed by atoms with Gasteiger partial charge in [0.25, 0.3) is 5.91 Å². The van der Waals surface area contributed by atoms with Crippen LogP contribution in [0.25, 0.3) is 0 Å². The number of aryl methyl sites for hydroxylation is 1. The zero-order valence-electron chi connectivity index (χ0n) is 11.9. The average Bonchev–Trinajstić information content (AvgIpc) is 2.77. The highest BCUT2D eigenvalue weighted by Gasteiger charge is 2.32. The quantitative estimate of drug-likeness (QED) is 0.643. The summed E-state index contributed by atoms with van der Waals surface area (Å²) in [5.41, 5.74) is 4.27. The van der Waals surface area contributed by atoms with E-state index in [4.69, 9.17) is 5.84 Å². The molecule has 1 saturated heterocycles. The molecule has 0 bridgehead atoms. The van der Waals surface area contributed by atoms with Gasteiger partial charge in [0, 0.05) is 24.3 Å². The van der Waals surface area contributed by atoms with Crippen molar-refractivity contribution >= 4 is 11.7 Å². The summed E-state index contributed by atoms with van der Waals surface area (Å²) in [6.07, 6.45) is 1.83. The third-order valence-electron chi connectivity index (χ3n) is 3.60. The molecule has 3 N–H and O–H groups in total. The van der Waals surface area contributed by atoms with Crippen LogP contribution in [-0.4, -0.2) is 28.9 Å². The highest BCUT2D eigenvalue weighted by atomic mass is 16.2. The van der Waals surface area contributed by atoms with Gasteiger partial charge in [-0.15, -0.1) is 0 Å². The van der Waals surface area contributed by atoms with Crippen LogP contribution in [0.3, 0.4) is 0 Å². The predicted octanol–water partition coefficient (Wildman–Crippen LogP) is 1.80. The normalized spacial score (nSPS) is 17.6. The average molecular weight is 262 g/mol. The number of nitrogens with zero attached hydrogens (tertiary/aromatic N) is 2. The van der Waals surface area contributed by atoms with Crippen molar-refractivity contribution in [3.05, 3.63) is 23.4 Å². The van der Waals surface area contributed by atoms with Gasteiger partial charge < -0.3 is 10.3 Å². The van der Waals surface area contributed by atoms with Gasteiger partial charge in [0.15, 0.2) is 0 Å². The van der Waals surface area contributed by atoms with Gasteiger partial charge in [-0.2, -0.15) is 0 Å². The summed E-state index contributed by atoms with van der Waals surface area (Å²) in [5.74, 6) is 6.01. The summed E-state index contributed by atoms with van der Waals surface area (Å²) >= 11 is 0. The number of nitrogens with two attached hydrogens (primary N) is 1. The third kappa shape index (κ3) is 3.04. The maximum Gasteiger partial charge on any atom is 0.254 e. The lowest BCUT2D eigenvalue weighted by Gasteiger charge is -2.20. The van der Waals surface area contributed by atoms with Crippen LogP contribution in [-0.2, 0) is 6.42 Å². The fraction of sp³-hybridized carbons (Fsp3) is 0.571. The molecule has 0 spiro atoms. The number of carbonyl (C=O) groups is 1. The van der Waals surface area contributed by atoms with Crippen molar-refractivity contribution in [2.75, 3.05) is 18.5 Å². The Labute approximate surface area is 114 Å². The van der Waals surface area contributed by atoms with Crippen molar-refractivity contribution in [3.8, 4) is 0 Å². The van der Waals surface area contributed by atoms with Gasteiger partial charge in [0.2, 0.25) is 0 Å². The molecule has 1 aromatic heterocycles. The lowest BCUT2D eigenvalue weighted by atomic mass is 9.93. The van der Waals surface area contributed by atoms with Crippen LogP contribution in [0.5, 0.6) is 0 Å². The molecule has 0 radical (unpaired) electrons. The Balaban J connectivity index is 2.24. The standard InChI is InChI=1S/C14H22N4O/c1-4-11-7-10(8-12(16-11)17-15)13(19)18-6-5-14(2,3)9-18/h7-8H,4-6,9,15H2,1-3H3,(H,16,17). The fourth-order valence-corrected chi connectivity index (χ4v) is 2.43. The van der Waals surface area contributed by atoms with E-state index in [2.05, 4.69) is 24.3 Å². The molecule has 0 aromatic carbocycles. The SMILES string of the molecule is CCc1cc(C(=O)N2CCC(C)(C)C2)cc(NN)n1. The van der Waals surface area contributed by atoms with Crippen LogP contribution < -0.4 is 11.3 Å². The highest BCUT2D eigenvalue weighted by molar-refractivity contribution is 5.95. The molecule has 0 atom stereocenters. The molecule has 5 heteroatoms. The maximum absolute atomic E-state index is 12.5. The molecule has 2 heterocycles. The van der Waals surface area contributed by atoms with E-state index in [0.717, 1.165) is 31.6 Å². The number of hydrogen-bond donors (Lipinski definition) is 2. The first-order chi connectivity index (χ1) is 8.95. The van der Waals surface area contributed by atoms with Crippen LogP contribution in [0.4, 0.5) is 5.82 Å². The topological polar surface area (TPSA) is 71.2 Å². The Bertz CT molecular complexity index is 462. The van der Waals surface area contributed by atoms with Crippen molar-refractivity contribution in [2.24, 2.45) is 11.3 Å². The fourth-order valence-electron chi connectivity index (χ4n) is 2.43. The molecule has 0 unspecified atom stereocenters. The number of carbonyl (C=O) groups excluding carboxylic acids is 1. The van der Waals surface area contributed by atoms with Crippen molar-refractivity contribution in [3.63, 3.8) is 0 Å². The number of rotatable bonds is 3. The van der Waals surface area contributed by atoms with Crippen molar-refractivity contribution < 1.29 is 4.79 Å². The molecule has 2 rings (SSSR count). The van der Waals surface area contributed by atoms with Crippen LogP contribution in [0, 0.1) is 5.41 Å². The Morgan fingerprint density at radius 1 is 1.53 bits per heavy atom. The van der Waals surface area contributed by atoms with Crippen LogP contribution in [0.1, 0.15) is 43.2 Å². The number of nitrogens with one attached hydrogen (secondary N) is 1. The summed E-state index contributed by atoms with van der Waals surface area (Å²) in [5, 5.41) is 0. The van der Waals surface area contributed by atoms with Crippen LogP contribution in [0.2, 0.25) is 0 Å². The van der Waals surface area contributed by atoms with Gasteiger partial charge >= 0.3 is 0 Å². The monoisotopic (exact) mass is 262 g/mol. The van der Waals surface area contributed by atoms with Gasteiger partial charge in [-0.05, 0) is 30.4 Å². The molecule has 0 aliphatic carbocycles. The minimum absolute atomic E-state index is 0.0687. The van der Waals surface area contributed by atoms with Gasteiger partial charge in [-0.1, -0.05) is 20.8 Å². The second-order valence-electron chi connectivity index (χ2n) is 5.87. The molecule has 1 fully saturated rings. The van der Waals surface area contributed by atoms with E-state index in [1.165, 1.54) is 0 Å². The number of anilines is 1. The highest BCUT2D eigenvalue weighted by Crippen LogP contribution is 2.30. The van der Waals surface area contributed by atoms with Crippen LogP contribution in [0.15, 0.2) is 12.1 Å². The summed E-state index contributed by atoms with van der Waals surface area (Å²) in [6.45, 7) is 8.02. The van der Waals surface area contributed by atoms with E-state index in [9.17, 15) is 4.79 Å². The smallest absolute Gasteiger partial charge is 0.254 e. The van der Waals surface area contributed by atoms with Crippen LogP contribution >= 0.6 is 0 Å². The van der Waals surface area contributed by atoms with E-state index in [1.54, 1.807) is 6.07 Å². The van der Waals surface area contributed by atoms with E-state index < -0.39 is 0 Å². The first kappa shape index (κ1) is 13.8. The Hall–Kier alpha value is -1.62. The second-order valence-corrected chi connectivity index (χ2v) is 5.87. The molecular formula is C14H22N4O. The van der Waals surface area contributed by atoms with Gasteiger partial charge in [-0.3, -0.25) is 4.79 Å². The third-order valence-corrected chi connectivity index (χ3v) is 3.60. The second kappa shape index (κ2) is 5.17. The Kier molecular flexibility index (Phi) is 3.75. The number of likely N-dealkylation sites (tertiary alicyclic amines) is 1. The first-order valence-electron chi connectivity index (χ1n) is 6.72. The molecule has 104 valence electrons. The number of hydrazine groups is 1. The van der Waals surface area contributed by atoms with Gasteiger partial charge in [0.1, 0.15) is 5.82 Å². The molecule has 1 amide bonds. The summed E-state index contributed by atoms with van der Waals surface area (Å²) < 4.78 is 0. The molecule has 19 heavy (non-hydrogen) atoms. The Morgan fingerprint density at radius 2 is 2.26 bits per heavy atom. The molecule has 0 saturated carbocycles. The molecule has 1 aromatic rings. The summed E-state index contributed by atoms with van der Waals surface area (Å²) in [4.78, 5) is 18.7. The number of hydrogen-bond acceptors (Lipinski definition) is 4. The largest absolute Gasteiger partial charge is 0.338 e.